The quantitative estimate of drug-likeness (QED) is 0.634. The van der Waals surface area contributed by atoms with Crippen molar-refractivity contribution in [3.8, 4) is 16.9 Å². The van der Waals surface area contributed by atoms with Gasteiger partial charge < -0.3 is 9.64 Å². The van der Waals surface area contributed by atoms with E-state index in [1.807, 2.05) is 17.0 Å². The molecule has 3 aliphatic carbocycles. The molecule has 1 atom stereocenters. The summed E-state index contributed by atoms with van der Waals surface area (Å²) in [6, 6.07) is 4.38. The third kappa shape index (κ3) is 3.97. The molecular formula is C25H32N4O4S. The van der Waals surface area contributed by atoms with Crippen LogP contribution in [0, 0.1) is 5.92 Å². The highest BCUT2D eigenvalue weighted by molar-refractivity contribution is 7.92. The van der Waals surface area contributed by atoms with E-state index in [0.29, 0.717) is 5.82 Å². The summed E-state index contributed by atoms with van der Waals surface area (Å²) in [5, 5.41) is 4.56. The van der Waals surface area contributed by atoms with Gasteiger partial charge in [0, 0.05) is 28.7 Å². The normalized spacial score (nSPS) is 22.8. The number of hydrogen-bond acceptors (Lipinski definition) is 5. The molecule has 9 heteroatoms. The molecule has 0 spiro atoms. The van der Waals surface area contributed by atoms with E-state index in [-0.39, 0.29) is 30.0 Å². The Hall–Kier alpha value is -2.55. The highest BCUT2D eigenvalue weighted by Gasteiger charge is 2.40. The Morgan fingerprint density at radius 3 is 2.47 bits per heavy atom. The Labute approximate surface area is 200 Å². The summed E-state index contributed by atoms with van der Waals surface area (Å²) in [7, 11) is -3.49. The van der Waals surface area contributed by atoms with Gasteiger partial charge in [-0.25, -0.2) is 13.1 Å². The number of aromatic nitrogens is 2. The molecule has 4 aliphatic rings. The van der Waals surface area contributed by atoms with E-state index in [2.05, 4.69) is 16.7 Å². The Balaban J connectivity index is 1.49. The van der Waals surface area contributed by atoms with Crippen molar-refractivity contribution in [2.24, 2.45) is 5.92 Å². The average Bonchev–Trinajstić information content (AvgIpc) is 3.67. The average molecular weight is 485 g/mol. The van der Waals surface area contributed by atoms with Crippen LogP contribution in [-0.4, -0.2) is 42.5 Å². The molecule has 1 amide bonds. The first-order valence-corrected chi connectivity index (χ1v) is 14.4. The van der Waals surface area contributed by atoms with Crippen molar-refractivity contribution in [1.29, 1.82) is 0 Å². The molecule has 1 aliphatic heterocycles. The van der Waals surface area contributed by atoms with Crippen LogP contribution in [0.25, 0.3) is 11.1 Å². The Kier molecular flexibility index (Phi) is 5.17. The van der Waals surface area contributed by atoms with Gasteiger partial charge in [-0.15, -0.1) is 0 Å². The van der Waals surface area contributed by atoms with Crippen LogP contribution in [0.1, 0.15) is 69.9 Å². The zero-order chi connectivity index (χ0) is 23.6. The van der Waals surface area contributed by atoms with Crippen molar-refractivity contribution in [2.75, 3.05) is 15.9 Å². The maximum Gasteiger partial charge on any atom is 0.230 e. The van der Waals surface area contributed by atoms with Crippen LogP contribution < -0.4 is 14.4 Å². The largest absolute Gasteiger partial charge is 0.489 e. The number of anilines is 2. The zero-order valence-electron chi connectivity index (χ0n) is 19.8. The molecule has 2 heterocycles. The lowest BCUT2D eigenvalue weighted by Crippen LogP contribution is -2.43. The summed E-state index contributed by atoms with van der Waals surface area (Å²) in [4.78, 5) is 15.2. The molecule has 1 unspecified atom stereocenters. The predicted octanol–water partition coefficient (Wildman–Crippen LogP) is 4.27. The van der Waals surface area contributed by atoms with Gasteiger partial charge in [-0.05, 0) is 76.8 Å². The second-order valence-electron chi connectivity index (χ2n) is 10.4. The van der Waals surface area contributed by atoms with Crippen LogP contribution in [0.15, 0.2) is 18.3 Å². The number of nitrogens with zero attached hydrogens (tertiary/aromatic N) is 3. The molecule has 2 aromatic rings. The summed E-state index contributed by atoms with van der Waals surface area (Å²) in [6.07, 6.45) is 11.9. The summed E-state index contributed by atoms with van der Waals surface area (Å²) < 4.78 is 35.6. The molecule has 8 nitrogen and oxygen atoms in total. The fraction of sp³-hybridized carbons (Fsp3) is 0.600. The van der Waals surface area contributed by atoms with Crippen LogP contribution in [-0.2, 0) is 21.2 Å². The molecule has 0 saturated heterocycles. The number of rotatable bonds is 7. The first-order chi connectivity index (χ1) is 16.3. The molecule has 3 saturated carbocycles. The maximum absolute atomic E-state index is 13.2. The molecule has 0 radical (unpaired) electrons. The van der Waals surface area contributed by atoms with E-state index in [9.17, 15) is 13.2 Å². The number of sulfonamides is 1. The molecule has 0 bridgehead atoms. The van der Waals surface area contributed by atoms with E-state index >= 15 is 0 Å². The number of nitrogens with one attached hydrogen (secondary N) is 1. The lowest BCUT2D eigenvalue weighted by molar-refractivity contribution is -0.120. The topological polar surface area (TPSA) is 93.5 Å². The van der Waals surface area contributed by atoms with E-state index in [1.165, 1.54) is 6.26 Å². The molecule has 6 rings (SSSR count). The van der Waals surface area contributed by atoms with Crippen LogP contribution in [0.3, 0.4) is 0 Å². The minimum absolute atomic E-state index is 0.145. The van der Waals surface area contributed by atoms with Crippen LogP contribution in [0.2, 0.25) is 0 Å². The maximum atomic E-state index is 13.2. The van der Waals surface area contributed by atoms with Crippen molar-refractivity contribution in [3.63, 3.8) is 0 Å². The molecule has 1 aromatic heterocycles. The molecular weight excluding hydrogens is 452 g/mol. The van der Waals surface area contributed by atoms with Crippen molar-refractivity contribution >= 4 is 27.4 Å². The molecule has 3 fully saturated rings. The Morgan fingerprint density at radius 1 is 1.09 bits per heavy atom. The Morgan fingerprint density at radius 2 is 1.85 bits per heavy atom. The van der Waals surface area contributed by atoms with Crippen molar-refractivity contribution in [2.45, 2.75) is 82.9 Å². The number of hydrogen-bond donors (Lipinski definition) is 1. The second kappa shape index (κ2) is 8.00. The van der Waals surface area contributed by atoms with E-state index < -0.39 is 10.0 Å². The van der Waals surface area contributed by atoms with E-state index in [4.69, 9.17) is 4.74 Å². The number of carbonyl (C=O) groups excluding carboxylic acids is 1. The highest BCUT2D eigenvalue weighted by Crippen LogP contribution is 2.48. The summed E-state index contributed by atoms with van der Waals surface area (Å²) in [6.45, 7) is 2.12. The van der Waals surface area contributed by atoms with Gasteiger partial charge in [-0.3, -0.25) is 9.52 Å². The van der Waals surface area contributed by atoms with Crippen molar-refractivity contribution in [3.05, 3.63) is 23.9 Å². The first kappa shape index (κ1) is 21.9. The van der Waals surface area contributed by atoms with E-state index in [0.717, 1.165) is 85.9 Å². The van der Waals surface area contributed by atoms with Crippen molar-refractivity contribution in [1.82, 2.24) is 9.78 Å². The molecule has 34 heavy (non-hydrogen) atoms. The van der Waals surface area contributed by atoms with Gasteiger partial charge in [0.25, 0.3) is 0 Å². The van der Waals surface area contributed by atoms with Gasteiger partial charge in [-0.1, -0.05) is 0 Å². The number of carbonyl (C=O) groups is 1. The van der Waals surface area contributed by atoms with Gasteiger partial charge in [0.1, 0.15) is 11.6 Å². The number of fused-ring (bicyclic) bond motifs is 1. The summed E-state index contributed by atoms with van der Waals surface area (Å²) in [5.41, 5.74) is 3.58. The lowest BCUT2D eigenvalue weighted by Gasteiger charge is -2.38. The number of benzene rings is 1. The smallest absolute Gasteiger partial charge is 0.230 e. The fourth-order valence-corrected chi connectivity index (χ4v) is 5.66. The summed E-state index contributed by atoms with van der Waals surface area (Å²) >= 11 is 0. The fourth-order valence-electron chi connectivity index (χ4n) is 5.10. The summed E-state index contributed by atoms with van der Waals surface area (Å²) in [5.74, 6) is 1.65. The predicted molar refractivity (Wildman–Crippen MR) is 131 cm³/mol. The lowest BCUT2D eigenvalue weighted by atomic mass is 9.90. The van der Waals surface area contributed by atoms with Gasteiger partial charge in [-0.2, -0.15) is 5.10 Å². The minimum Gasteiger partial charge on any atom is -0.489 e. The third-order valence-corrected chi connectivity index (χ3v) is 8.07. The van der Waals surface area contributed by atoms with E-state index in [1.54, 1.807) is 10.9 Å². The van der Waals surface area contributed by atoms with Crippen molar-refractivity contribution < 1.29 is 17.9 Å². The number of ether oxygens (including phenoxy) is 1. The molecule has 1 N–H and O–H groups in total. The standard InChI is InChI=1S/C25H32N4O4S/c1-15-6-11-20-22(28(15)25(30)16-7-8-16)13-12-19(23(20)33-18-4-3-5-18)21-14-26-29(17-9-10-17)24(21)27-34(2,31)32/h12-18,27H,3-11H2,1-2H3. The van der Waals surface area contributed by atoms with Gasteiger partial charge in [0.15, 0.2) is 0 Å². The first-order valence-electron chi connectivity index (χ1n) is 12.5. The Bertz CT molecular complexity index is 1240. The SMILES string of the molecule is CC1CCc2c(ccc(-c3cnn(C4CC4)c3NS(C)(=O)=O)c2OC2CCC2)N1C(=O)C1CC1. The van der Waals surface area contributed by atoms with Gasteiger partial charge >= 0.3 is 0 Å². The minimum atomic E-state index is -3.49. The van der Waals surface area contributed by atoms with Crippen LogP contribution >= 0.6 is 0 Å². The van der Waals surface area contributed by atoms with Crippen LogP contribution in [0.4, 0.5) is 11.5 Å². The van der Waals surface area contributed by atoms with Gasteiger partial charge in [0.05, 0.1) is 30.3 Å². The number of amides is 1. The van der Waals surface area contributed by atoms with Gasteiger partial charge in [0.2, 0.25) is 15.9 Å². The van der Waals surface area contributed by atoms with Crippen LogP contribution in [0.5, 0.6) is 5.75 Å². The zero-order valence-corrected chi connectivity index (χ0v) is 20.6. The third-order valence-electron chi connectivity index (χ3n) is 7.51. The molecule has 182 valence electrons. The second-order valence-corrected chi connectivity index (χ2v) is 12.2. The highest BCUT2D eigenvalue weighted by atomic mass is 32.2. The monoisotopic (exact) mass is 484 g/mol. The molecule has 1 aromatic carbocycles.